The van der Waals surface area contributed by atoms with Crippen LogP contribution in [0, 0.1) is 13.8 Å². The standard InChI is InChI=1S/C21H27N3O3S/c1-17-8-9-18(2)20(14-17)22-21(25)15-23-10-12-24(13-11-23)28(26,27)16-19-6-4-3-5-7-19/h3-9,14H,10-13,15-16H2,1-2H3,(H,22,25). The van der Waals surface area contributed by atoms with E-state index in [9.17, 15) is 13.2 Å². The van der Waals surface area contributed by atoms with Crippen molar-refractivity contribution in [2.45, 2.75) is 19.6 Å². The molecule has 150 valence electrons. The zero-order valence-electron chi connectivity index (χ0n) is 16.4. The van der Waals surface area contributed by atoms with Gasteiger partial charge < -0.3 is 5.32 Å². The zero-order valence-corrected chi connectivity index (χ0v) is 17.2. The summed E-state index contributed by atoms with van der Waals surface area (Å²) in [6.07, 6.45) is 0. The van der Waals surface area contributed by atoms with E-state index in [-0.39, 0.29) is 18.2 Å². The number of nitrogens with zero attached hydrogens (tertiary/aromatic N) is 2. The van der Waals surface area contributed by atoms with Crippen LogP contribution in [0.15, 0.2) is 48.5 Å². The number of amides is 1. The molecule has 0 aromatic heterocycles. The van der Waals surface area contributed by atoms with Crippen molar-refractivity contribution in [2.75, 3.05) is 38.0 Å². The Labute approximate surface area is 167 Å². The van der Waals surface area contributed by atoms with Gasteiger partial charge in [-0.2, -0.15) is 4.31 Å². The lowest BCUT2D eigenvalue weighted by molar-refractivity contribution is -0.117. The summed E-state index contributed by atoms with van der Waals surface area (Å²) < 4.78 is 26.8. The molecule has 7 heteroatoms. The lowest BCUT2D eigenvalue weighted by atomic mass is 10.1. The molecule has 1 heterocycles. The van der Waals surface area contributed by atoms with Crippen molar-refractivity contribution >= 4 is 21.6 Å². The quantitative estimate of drug-likeness (QED) is 0.807. The van der Waals surface area contributed by atoms with Gasteiger partial charge in [-0.15, -0.1) is 0 Å². The summed E-state index contributed by atoms with van der Waals surface area (Å²) in [5.41, 5.74) is 3.74. The lowest BCUT2D eigenvalue weighted by Gasteiger charge is -2.33. The fourth-order valence-electron chi connectivity index (χ4n) is 3.31. The van der Waals surface area contributed by atoms with E-state index in [1.807, 2.05) is 67.3 Å². The van der Waals surface area contributed by atoms with Gasteiger partial charge in [0.05, 0.1) is 12.3 Å². The van der Waals surface area contributed by atoms with Crippen LogP contribution in [0.25, 0.3) is 0 Å². The fraction of sp³-hybridized carbons (Fsp3) is 0.381. The molecule has 2 aromatic carbocycles. The van der Waals surface area contributed by atoms with E-state index >= 15 is 0 Å². The Morgan fingerprint density at radius 1 is 1.00 bits per heavy atom. The number of rotatable bonds is 6. The number of piperazine rings is 1. The highest BCUT2D eigenvalue weighted by Crippen LogP contribution is 2.17. The number of anilines is 1. The molecule has 1 saturated heterocycles. The van der Waals surface area contributed by atoms with Crippen molar-refractivity contribution in [3.63, 3.8) is 0 Å². The molecule has 1 fully saturated rings. The van der Waals surface area contributed by atoms with Crippen molar-refractivity contribution in [3.8, 4) is 0 Å². The van der Waals surface area contributed by atoms with E-state index < -0.39 is 10.0 Å². The summed E-state index contributed by atoms with van der Waals surface area (Å²) >= 11 is 0. The topological polar surface area (TPSA) is 69.7 Å². The summed E-state index contributed by atoms with van der Waals surface area (Å²) in [6, 6.07) is 15.2. The smallest absolute Gasteiger partial charge is 0.238 e. The molecule has 0 bridgehead atoms. The largest absolute Gasteiger partial charge is 0.325 e. The van der Waals surface area contributed by atoms with Crippen LogP contribution in [0.2, 0.25) is 0 Å². The van der Waals surface area contributed by atoms with Gasteiger partial charge in [-0.1, -0.05) is 42.5 Å². The van der Waals surface area contributed by atoms with Crippen molar-refractivity contribution in [1.82, 2.24) is 9.21 Å². The first-order valence-corrected chi connectivity index (χ1v) is 11.1. The molecule has 0 aliphatic carbocycles. The maximum Gasteiger partial charge on any atom is 0.238 e. The van der Waals surface area contributed by atoms with E-state index in [0.29, 0.717) is 26.2 Å². The number of carbonyl (C=O) groups excluding carboxylic acids is 1. The third kappa shape index (κ3) is 5.41. The van der Waals surface area contributed by atoms with Crippen LogP contribution < -0.4 is 5.32 Å². The average molecular weight is 402 g/mol. The van der Waals surface area contributed by atoms with Gasteiger partial charge in [-0.25, -0.2) is 8.42 Å². The zero-order chi connectivity index (χ0) is 20.1. The minimum atomic E-state index is -3.34. The first kappa shape index (κ1) is 20.5. The number of nitrogens with one attached hydrogen (secondary N) is 1. The van der Waals surface area contributed by atoms with Crippen molar-refractivity contribution in [3.05, 3.63) is 65.2 Å². The summed E-state index contributed by atoms with van der Waals surface area (Å²) in [7, 11) is -3.34. The summed E-state index contributed by atoms with van der Waals surface area (Å²) in [6.45, 7) is 6.13. The van der Waals surface area contributed by atoms with Gasteiger partial charge in [0.1, 0.15) is 0 Å². The summed E-state index contributed by atoms with van der Waals surface area (Å²) in [4.78, 5) is 14.4. The second kappa shape index (κ2) is 8.86. The monoisotopic (exact) mass is 401 g/mol. The number of sulfonamides is 1. The van der Waals surface area contributed by atoms with Crippen LogP contribution in [0.1, 0.15) is 16.7 Å². The van der Waals surface area contributed by atoms with Gasteiger partial charge >= 0.3 is 0 Å². The Morgan fingerprint density at radius 3 is 2.36 bits per heavy atom. The molecule has 0 saturated carbocycles. The molecule has 1 aliphatic rings. The number of benzene rings is 2. The maximum atomic E-state index is 12.6. The Morgan fingerprint density at radius 2 is 1.68 bits per heavy atom. The SMILES string of the molecule is Cc1ccc(C)c(NC(=O)CN2CCN(S(=O)(=O)Cc3ccccc3)CC2)c1. The molecule has 0 atom stereocenters. The van der Waals surface area contributed by atoms with Crippen LogP contribution >= 0.6 is 0 Å². The van der Waals surface area contributed by atoms with Gasteiger partial charge in [0.25, 0.3) is 0 Å². The van der Waals surface area contributed by atoms with E-state index in [4.69, 9.17) is 0 Å². The molecular formula is C21H27N3O3S. The van der Waals surface area contributed by atoms with Crippen molar-refractivity contribution < 1.29 is 13.2 Å². The number of aryl methyl sites for hydroxylation is 2. The van der Waals surface area contributed by atoms with Crippen LogP contribution in [-0.2, 0) is 20.6 Å². The Bertz CT molecular complexity index is 921. The highest BCUT2D eigenvalue weighted by molar-refractivity contribution is 7.88. The van der Waals surface area contributed by atoms with Gasteiger partial charge in [0.2, 0.25) is 15.9 Å². The number of hydrogen-bond donors (Lipinski definition) is 1. The lowest BCUT2D eigenvalue weighted by Crippen LogP contribution is -2.50. The van der Waals surface area contributed by atoms with E-state index in [0.717, 1.165) is 22.4 Å². The first-order valence-electron chi connectivity index (χ1n) is 9.45. The van der Waals surface area contributed by atoms with Crippen LogP contribution in [-0.4, -0.2) is 56.3 Å². The normalized spacial score (nSPS) is 16.1. The maximum absolute atomic E-state index is 12.6. The van der Waals surface area contributed by atoms with Crippen LogP contribution in [0.4, 0.5) is 5.69 Å². The van der Waals surface area contributed by atoms with E-state index in [1.165, 1.54) is 4.31 Å². The summed E-state index contributed by atoms with van der Waals surface area (Å²) in [5.74, 6) is -0.0599. The molecule has 2 aromatic rings. The van der Waals surface area contributed by atoms with Crippen LogP contribution in [0.3, 0.4) is 0 Å². The molecule has 0 unspecified atom stereocenters. The minimum Gasteiger partial charge on any atom is -0.325 e. The Balaban J connectivity index is 1.51. The van der Waals surface area contributed by atoms with Crippen molar-refractivity contribution in [1.29, 1.82) is 0 Å². The predicted octanol–water partition coefficient (Wildman–Crippen LogP) is 2.39. The summed E-state index contributed by atoms with van der Waals surface area (Å²) in [5, 5.41) is 2.96. The third-order valence-electron chi connectivity index (χ3n) is 4.95. The second-order valence-electron chi connectivity index (χ2n) is 7.28. The van der Waals surface area contributed by atoms with Gasteiger partial charge in [-0.05, 0) is 36.6 Å². The molecule has 28 heavy (non-hydrogen) atoms. The van der Waals surface area contributed by atoms with E-state index in [1.54, 1.807) is 0 Å². The molecule has 1 N–H and O–H groups in total. The van der Waals surface area contributed by atoms with Gasteiger partial charge in [-0.3, -0.25) is 9.69 Å². The Hall–Kier alpha value is -2.22. The molecule has 0 radical (unpaired) electrons. The molecule has 6 nitrogen and oxygen atoms in total. The van der Waals surface area contributed by atoms with Gasteiger partial charge in [0, 0.05) is 31.9 Å². The van der Waals surface area contributed by atoms with Crippen LogP contribution in [0.5, 0.6) is 0 Å². The average Bonchev–Trinajstić information content (AvgIpc) is 2.65. The first-order chi connectivity index (χ1) is 13.3. The molecule has 1 aliphatic heterocycles. The fourth-order valence-corrected chi connectivity index (χ4v) is 4.82. The molecule has 3 rings (SSSR count). The predicted molar refractivity (Wildman–Crippen MR) is 112 cm³/mol. The third-order valence-corrected chi connectivity index (χ3v) is 6.80. The molecular weight excluding hydrogens is 374 g/mol. The molecule has 0 spiro atoms. The highest BCUT2D eigenvalue weighted by Gasteiger charge is 2.27. The number of carbonyl (C=O) groups is 1. The number of hydrogen-bond acceptors (Lipinski definition) is 4. The van der Waals surface area contributed by atoms with Crippen molar-refractivity contribution in [2.24, 2.45) is 0 Å². The van der Waals surface area contributed by atoms with Gasteiger partial charge in [0.15, 0.2) is 0 Å². The second-order valence-corrected chi connectivity index (χ2v) is 9.25. The minimum absolute atomic E-state index is 0.0148. The molecule has 1 amide bonds. The Kier molecular flexibility index (Phi) is 6.49. The highest BCUT2D eigenvalue weighted by atomic mass is 32.2. The van der Waals surface area contributed by atoms with E-state index in [2.05, 4.69) is 5.32 Å².